The van der Waals surface area contributed by atoms with E-state index in [1.165, 1.54) is 6.04 Å². The third-order valence-corrected chi connectivity index (χ3v) is 4.99. The molecule has 0 radical (unpaired) electrons. The van der Waals surface area contributed by atoms with E-state index in [0.717, 1.165) is 22.0 Å². The maximum absolute atomic E-state index is 5.71. The molecule has 2 aromatic rings. The zero-order valence-electron chi connectivity index (χ0n) is 11.0. The molecule has 0 atom stereocenters. The molecule has 0 fully saturated rings. The van der Waals surface area contributed by atoms with Crippen molar-refractivity contribution >= 4 is 64.5 Å². The number of aromatic nitrogens is 3. The van der Waals surface area contributed by atoms with Crippen LogP contribution in [0.2, 0.25) is 25.7 Å². The van der Waals surface area contributed by atoms with Crippen molar-refractivity contribution in [2.24, 2.45) is 0 Å². The Labute approximate surface area is 145 Å². The number of nitrogens with zero attached hydrogens (tertiary/aromatic N) is 3. The van der Waals surface area contributed by atoms with Gasteiger partial charge in [-0.15, -0.1) is 0 Å². The van der Waals surface area contributed by atoms with E-state index in [-0.39, 0.29) is 29.6 Å². The summed E-state index contributed by atoms with van der Waals surface area (Å²) in [7, 11) is -1.02. The van der Waals surface area contributed by atoms with E-state index < -0.39 is 8.07 Å². The van der Waals surface area contributed by atoms with Crippen molar-refractivity contribution in [3.8, 4) is 0 Å². The van der Waals surface area contributed by atoms with Gasteiger partial charge in [-0.3, -0.25) is 4.98 Å². The average molecular weight is 352 g/mol. The first kappa shape index (κ1) is 17.3. The average Bonchev–Trinajstić information content (AvgIpc) is 2.68. The molecule has 0 spiro atoms. The molecule has 0 saturated heterocycles. The van der Waals surface area contributed by atoms with Gasteiger partial charge in [-0.2, -0.15) is 5.10 Å². The fraction of sp³-hybridized carbons (Fsp3) is 0.500. The molecule has 19 heavy (non-hydrogen) atoms. The minimum absolute atomic E-state index is 0. The second-order valence-electron chi connectivity index (χ2n) is 5.55. The molecule has 0 unspecified atom stereocenters. The number of rotatable bonds is 5. The number of hydrogen-bond acceptors (Lipinski definition) is 3. The first-order valence-corrected chi connectivity index (χ1v) is 10.5. The van der Waals surface area contributed by atoms with Crippen LogP contribution in [-0.4, -0.2) is 59.0 Å². The molecule has 2 rings (SSSR count). The monoisotopic (exact) mass is 351 g/mol. The Balaban J connectivity index is 0.00000180. The van der Waals surface area contributed by atoms with Gasteiger partial charge >= 0.3 is 29.6 Å². The van der Waals surface area contributed by atoms with Crippen molar-refractivity contribution < 1.29 is 4.74 Å². The number of fused-ring (bicyclic) bond motifs is 1. The Kier molecular flexibility index (Phi) is 6.69. The Morgan fingerprint density at radius 1 is 1.26 bits per heavy atom. The fourth-order valence-corrected chi connectivity index (χ4v) is 2.94. The van der Waals surface area contributed by atoms with Crippen LogP contribution in [-0.2, 0) is 11.5 Å². The predicted octanol–water partition coefficient (Wildman–Crippen LogP) is 2.86. The molecule has 4 nitrogen and oxygen atoms in total. The maximum atomic E-state index is 5.71. The third-order valence-electron chi connectivity index (χ3n) is 2.71. The van der Waals surface area contributed by atoms with Gasteiger partial charge in [0, 0.05) is 32.5 Å². The van der Waals surface area contributed by atoms with Gasteiger partial charge in [-0.25, -0.2) is 4.68 Å². The number of pyridine rings is 1. The Morgan fingerprint density at radius 3 is 2.68 bits per heavy atom. The quantitative estimate of drug-likeness (QED) is 0.614. The van der Waals surface area contributed by atoms with Crippen LogP contribution in [0.5, 0.6) is 0 Å². The minimum atomic E-state index is -1.02. The zero-order valence-corrected chi connectivity index (χ0v) is 13.6. The molecule has 0 aliphatic heterocycles. The predicted molar refractivity (Wildman–Crippen MR) is 86.5 cm³/mol. The van der Waals surface area contributed by atoms with Crippen LogP contribution >= 0.6 is 15.9 Å². The van der Waals surface area contributed by atoms with Crippen molar-refractivity contribution in [2.75, 3.05) is 6.61 Å². The first-order chi connectivity index (χ1) is 8.47. The summed E-state index contributed by atoms with van der Waals surface area (Å²) < 4.78 is 8.53. The molecule has 2 heterocycles. The van der Waals surface area contributed by atoms with Crippen LogP contribution in [0.15, 0.2) is 23.1 Å². The Hall–Kier alpha value is 0.277. The molecule has 0 aliphatic rings. The van der Waals surface area contributed by atoms with Gasteiger partial charge in [0.2, 0.25) is 0 Å². The molecule has 2 aromatic heterocycles. The Bertz CT molecular complexity index is 541. The van der Waals surface area contributed by atoms with Crippen LogP contribution in [0, 0.1) is 0 Å². The summed E-state index contributed by atoms with van der Waals surface area (Å²) in [6.45, 7) is 8.35. The van der Waals surface area contributed by atoms with Gasteiger partial charge in [0.1, 0.15) is 6.73 Å². The van der Waals surface area contributed by atoms with Crippen molar-refractivity contribution in [3.63, 3.8) is 0 Å². The van der Waals surface area contributed by atoms with Gasteiger partial charge in [0.15, 0.2) is 0 Å². The molecule has 0 bridgehead atoms. The third kappa shape index (κ3) is 4.95. The zero-order chi connectivity index (χ0) is 13.2. The Morgan fingerprint density at radius 2 is 2.00 bits per heavy atom. The summed E-state index contributed by atoms with van der Waals surface area (Å²) in [6, 6.07) is 1.18. The molecule has 7 heteroatoms. The molecular formula is C12H19BrN3NaOSi. The summed E-state index contributed by atoms with van der Waals surface area (Å²) in [5, 5.41) is 5.35. The summed E-state index contributed by atoms with van der Waals surface area (Å²) in [4.78, 5) is 4.12. The molecular weight excluding hydrogens is 333 g/mol. The van der Waals surface area contributed by atoms with Crippen molar-refractivity contribution in [1.82, 2.24) is 14.8 Å². The van der Waals surface area contributed by atoms with Crippen molar-refractivity contribution in [2.45, 2.75) is 32.4 Å². The number of ether oxygens (including phenoxy) is 1. The summed E-state index contributed by atoms with van der Waals surface area (Å²) in [6.07, 6.45) is 5.41. The topological polar surface area (TPSA) is 39.9 Å². The van der Waals surface area contributed by atoms with Gasteiger partial charge < -0.3 is 4.74 Å². The SMILES string of the molecule is C[Si](C)(C)CCOCn1ncc2cncc(Br)c21.[NaH]. The molecule has 0 saturated carbocycles. The fourth-order valence-electron chi connectivity index (χ4n) is 1.63. The summed E-state index contributed by atoms with van der Waals surface area (Å²) >= 11 is 3.50. The van der Waals surface area contributed by atoms with Crippen molar-refractivity contribution in [1.29, 1.82) is 0 Å². The molecule has 0 amide bonds. The van der Waals surface area contributed by atoms with Gasteiger partial charge in [-0.1, -0.05) is 19.6 Å². The molecule has 0 aromatic carbocycles. The normalized spacial score (nSPS) is 11.6. The van der Waals surface area contributed by atoms with Crippen LogP contribution in [0.1, 0.15) is 0 Å². The van der Waals surface area contributed by atoms with Crippen LogP contribution in [0.25, 0.3) is 10.9 Å². The summed E-state index contributed by atoms with van der Waals surface area (Å²) in [5.74, 6) is 0. The van der Waals surface area contributed by atoms with E-state index in [9.17, 15) is 0 Å². The molecule has 100 valence electrons. The van der Waals surface area contributed by atoms with E-state index in [1.54, 1.807) is 6.20 Å². The van der Waals surface area contributed by atoms with E-state index in [1.807, 2.05) is 17.1 Å². The van der Waals surface area contributed by atoms with E-state index >= 15 is 0 Å². The van der Waals surface area contributed by atoms with Crippen LogP contribution in [0.3, 0.4) is 0 Å². The van der Waals surface area contributed by atoms with Gasteiger partial charge in [0.25, 0.3) is 0 Å². The standard InChI is InChI=1S/C12H18BrN3OSi.Na.H/c1-18(2,3)5-4-17-9-16-12-10(7-15-16)6-14-8-11(12)13;;/h6-8H,4-5,9H2,1-3H3;;. The van der Waals surface area contributed by atoms with E-state index in [0.29, 0.717) is 6.73 Å². The van der Waals surface area contributed by atoms with Gasteiger partial charge in [-0.05, 0) is 22.0 Å². The second kappa shape index (κ2) is 7.33. The van der Waals surface area contributed by atoms with Crippen LogP contribution in [0.4, 0.5) is 0 Å². The molecule has 0 aliphatic carbocycles. The van der Waals surface area contributed by atoms with Crippen molar-refractivity contribution in [3.05, 3.63) is 23.1 Å². The summed E-state index contributed by atoms with van der Waals surface area (Å²) in [5.41, 5.74) is 1.04. The molecule has 0 N–H and O–H groups in total. The first-order valence-electron chi connectivity index (χ1n) is 6.00. The second-order valence-corrected chi connectivity index (χ2v) is 12.0. The number of hydrogen-bond donors (Lipinski definition) is 0. The van der Waals surface area contributed by atoms with Gasteiger partial charge in [0.05, 0.1) is 16.2 Å². The van der Waals surface area contributed by atoms with Crippen LogP contribution < -0.4 is 0 Å². The number of halogens is 1. The van der Waals surface area contributed by atoms with E-state index in [4.69, 9.17) is 4.74 Å². The van der Waals surface area contributed by atoms with E-state index in [2.05, 4.69) is 45.7 Å².